The van der Waals surface area contributed by atoms with Crippen LogP contribution in [0.5, 0.6) is 5.75 Å². The van der Waals surface area contributed by atoms with Crippen molar-refractivity contribution in [1.29, 1.82) is 0 Å². The van der Waals surface area contributed by atoms with Gasteiger partial charge < -0.3 is 20.1 Å². The predicted molar refractivity (Wildman–Crippen MR) is 135 cm³/mol. The Bertz CT molecular complexity index is 928. The summed E-state index contributed by atoms with van der Waals surface area (Å²) in [6.45, 7) is 9.70. The number of hydrogen-bond donors (Lipinski definition) is 3. The number of morpholine rings is 1. The van der Waals surface area contributed by atoms with Crippen LogP contribution in [0, 0.1) is 13.8 Å². The van der Waals surface area contributed by atoms with Crippen molar-refractivity contribution in [3.05, 3.63) is 47.3 Å². The van der Waals surface area contributed by atoms with Gasteiger partial charge in [-0.2, -0.15) is 0 Å². The van der Waals surface area contributed by atoms with Gasteiger partial charge in [0.25, 0.3) is 0 Å². The van der Waals surface area contributed by atoms with E-state index in [0.29, 0.717) is 23.6 Å². The second-order valence-electron chi connectivity index (χ2n) is 7.80. The van der Waals surface area contributed by atoms with Crippen LogP contribution in [0.4, 0.5) is 5.95 Å². The molecule has 1 aromatic heterocycles. The van der Waals surface area contributed by atoms with Gasteiger partial charge in [0.2, 0.25) is 11.9 Å². The number of nitrogens with zero attached hydrogens (tertiary/aromatic N) is 4. The Balaban J connectivity index is 1.59. The SMILES string of the molecule is COc1cccc(CN=C(NC(=S)NCCCN2CCOCC2)Nc2nc(C)cc(C)n2)c1. The van der Waals surface area contributed by atoms with Crippen molar-refractivity contribution in [1.82, 2.24) is 25.5 Å². The van der Waals surface area contributed by atoms with Gasteiger partial charge in [-0.1, -0.05) is 12.1 Å². The molecule has 0 spiro atoms. The zero-order valence-corrected chi connectivity index (χ0v) is 20.4. The van der Waals surface area contributed by atoms with Gasteiger partial charge in [-0.15, -0.1) is 0 Å². The summed E-state index contributed by atoms with van der Waals surface area (Å²) in [5.41, 5.74) is 2.77. The molecule has 2 heterocycles. The van der Waals surface area contributed by atoms with Crippen LogP contribution in [0.3, 0.4) is 0 Å². The van der Waals surface area contributed by atoms with E-state index in [1.807, 2.05) is 44.2 Å². The zero-order valence-electron chi connectivity index (χ0n) is 19.6. The van der Waals surface area contributed by atoms with Crippen LogP contribution < -0.4 is 20.7 Å². The molecule has 1 saturated heterocycles. The lowest BCUT2D eigenvalue weighted by Gasteiger charge is -2.26. The third-order valence-electron chi connectivity index (χ3n) is 5.04. The molecule has 10 heteroatoms. The number of methoxy groups -OCH3 is 1. The summed E-state index contributed by atoms with van der Waals surface area (Å²) in [5, 5.41) is 10.1. The number of guanidine groups is 1. The quantitative estimate of drug-likeness (QED) is 0.232. The van der Waals surface area contributed by atoms with Crippen molar-refractivity contribution in [2.45, 2.75) is 26.8 Å². The lowest BCUT2D eigenvalue weighted by molar-refractivity contribution is 0.0376. The van der Waals surface area contributed by atoms with Crippen molar-refractivity contribution in [2.24, 2.45) is 4.99 Å². The molecule has 0 amide bonds. The molecule has 1 fully saturated rings. The minimum absolute atomic E-state index is 0.441. The summed E-state index contributed by atoms with van der Waals surface area (Å²) in [7, 11) is 1.65. The van der Waals surface area contributed by atoms with E-state index in [9.17, 15) is 0 Å². The van der Waals surface area contributed by atoms with E-state index in [2.05, 4.69) is 35.8 Å². The summed E-state index contributed by atoms with van der Waals surface area (Å²) in [4.78, 5) is 16.0. The minimum Gasteiger partial charge on any atom is -0.497 e. The maximum atomic E-state index is 5.50. The molecule has 33 heavy (non-hydrogen) atoms. The van der Waals surface area contributed by atoms with E-state index in [0.717, 1.165) is 68.5 Å². The molecule has 9 nitrogen and oxygen atoms in total. The molecule has 0 saturated carbocycles. The number of ether oxygens (including phenoxy) is 2. The van der Waals surface area contributed by atoms with Crippen LogP contribution in [0.25, 0.3) is 0 Å². The van der Waals surface area contributed by atoms with Crippen molar-refractivity contribution < 1.29 is 9.47 Å². The van der Waals surface area contributed by atoms with Gasteiger partial charge in [-0.05, 0) is 62.8 Å². The van der Waals surface area contributed by atoms with Crippen LogP contribution in [0.2, 0.25) is 0 Å². The number of rotatable bonds is 8. The summed E-state index contributed by atoms with van der Waals surface area (Å²) >= 11 is 5.50. The molecule has 0 unspecified atom stereocenters. The topological polar surface area (TPSA) is 95.9 Å². The number of aryl methyl sites for hydroxylation is 2. The Morgan fingerprint density at radius 3 is 2.67 bits per heavy atom. The van der Waals surface area contributed by atoms with Crippen LogP contribution in [-0.2, 0) is 11.3 Å². The van der Waals surface area contributed by atoms with Gasteiger partial charge in [-0.25, -0.2) is 15.0 Å². The highest BCUT2D eigenvalue weighted by Crippen LogP contribution is 2.13. The van der Waals surface area contributed by atoms with E-state index in [1.165, 1.54) is 0 Å². The van der Waals surface area contributed by atoms with Gasteiger partial charge in [0.05, 0.1) is 26.9 Å². The number of thiocarbonyl (C=S) groups is 1. The number of aliphatic imine (C=N–C) groups is 1. The predicted octanol–water partition coefficient (Wildman–Crippen LogP) is 2.26. The normalized spacial score (nSPS) is 14.6. The summed E-state index contributed by atoms with van der Waals surface area (Å²) in [6.07, 6.45) is 0.992. The highest BCUT2D eigenvalue weighted by atomic mass is 32.1. The molecule has 1 aliphatic rings. The second kappa shape index (κ2) is 13.0. The average molecular weight is 472 g/mol. The standard InChI is InChI=1S/C23H33N7O2S/c1-17-14-18(2)27-22(26-17)28-21(25-16-19-6-4-7-20(15-19)31-3)29-23(33)24-8-5-9-30-10-12-32-13-11-30/h4,6-7,14-15H,5,8-13,16H2,1-3H3,(H3,24,25,26,27,28,29,33). The number of anilines is 1. The fraction of sp³-hybridized carbons (Fsp3) is 0.478. The highest BCUT2D eigenvalue weighted by molar-refractivity contribution is 7.80. The smallest absolute Gasteiger partial charge is 0.229 e. The lowest BCUT2D eigenvalue weighted by Crippen LogP contribution is -2.44. The van der Waals surface area contributed by atoms with Gasteiger partial charge in [0.15, 0.2) is 5.11 Å². The number of benzene rings is 1. The largest absolute Gasteiger partial charge is 0.497 e. The molecule has 3 N–H and O–H groups in total. The molecule has 1 aromatic carbocycles. The number of nitrogens with one attached hydrogen (secondary N) is 3. The van der Waals surface area contributed by atoms with E-state index in [-0.39, 0.29) is 0 Å². The minimum atomic E-state index is 0.441. The molecule has 3 rings (SSSR count). The van der Waals surface area contributed by atoms with Gasteiger partial charge >= 0.3 is 0 Å². The molecule has 2 aromatic rings. The molecule has 0 atom stereocenters. The molecular formula is C23H33N7O2S. The first kappa shape index (κ1) is 24.8. The monoisotopic (exact) mass is 471 g/mol. The maximum Gasteiger partial charge on any atom is 0.229 e. The number of hydrogen-bond acceptors (Lipinski definition) is 7. The van der Waals surface area contributed by atoms with E-state index in [4.69, 9.17) is 21.7 Å². The Hall–Kier alpha value is -2.82. The first-order chi connectivity index (χ1) is 16.0. The summed E-state index contributed by atoms with van der Waals surface area (Å²) in [6, 6.07) is 9.73. The molecular weight excluding hydrogens is 438 g/mol. The molecule has 178 valence electrons. The van der Waals surface area contributed by atoms with Crippen LogP contribution >= 0.6 is 12.2 Å². The first-order valence-corrected chi connectivity index (χ1v) is 11.5. The van der Waals surface area contributed by atoms with Crippen molar-refractivity contribution in [3.8, 4) is 5.75 Å². The van der Waals surface area contributed by atoms with Crippen LogP contribution in [-0.4, -0.2) is 72.4 Å². The average Bonchev–Trinajstić information content (AvgIpc) is 2.80. The number of aromatic nitrogens is 2. The Kier molecular flexibility index (Phi) is 9.79. The van der Waals surface area contributed by atoms with Gasteiger partial charge in [-0.3, -0.25) is 10.2 Å². The Morgan fingerprint density at radius 1 is 1.18 bits per heavy atom. The third-order valence-corrected chi connectivity index (χ3v) is 5.29. The summed E-state index contributed by atoms with van der Waals surface area (Å²) in [5.74, 6) is 1.74. The second-order valence-corrected chi connectivity index (χ2v) is 8.21. The van der Waals surface area contributed by atoms with Crippen molar-refractivity contribution >= 4 is 29.2 Å². The van der Waals surface area contributed by atoms with Gasteiger partial charge in [0.1, 0.15) is 5.75 Å². The first-order valence-electron chi connectivity index (χ1n) is 11.1. The third kappa shape index (κ3) is 8.91. The maximum absolute atomic E-state index is 5.50. The van der Waals surface area contributed by atoms with Crippen LogP contribution in [0.15, 0.2) is 35.3 Å². The highest BCUT2D eigenvalue weighted by Gasteiger charge is 2.10. The lowest BCUT2D eigenvalue weighted by atomic mass is 10.2. The van der Waals surface area contributed by atoms with E-state index >= 15 is 0 Å². The van der Waals surface area contributed by atoms with E-state index < -0.39 is 0 Å². The van der Waals surface area contributed by atoms with E-state index in [1.54, 1.807) is 7.11 Å². The van der Waals surface area contributed by atoms with Gasteiger partial charge in [0, 0.05) is 31.0 Å². The van der Waals surface area contributed by atoms with Crippen molar-refractivity contribution in [3.63, 3.8) is 0 Å². The fourth-order valence-electron chi connectivity index (χ4n) is 3.42. The molecule has 0 aliphatic carbocycles. The fourth-order valence-corrected chi connectivity index (χ4v) is 3.62. The van der Waals surface area contributed by atoms with Crippen LogP contribution in [0.1, 0.15) is 23.4 Å². The molecule has 0 bridgehead atoms. The molecule has 0 radical (unpaired) electrons. The Labute approximate surface area is 201 Å². The zero-order chi connectivity index (χ0) is 23.5. The Morgan fingerprint density at radius 2 is 1.94 bits per heavy atom. The van der Waals surface area contributed by atoms with Crippen molar-refractivity contribution in [2.75, 3.05) is 51.8 Å². The molecule has 1 aliphatic heterocycles. The summed E-state index contributed by atoms with van der Waals surface area (Å²) < 4.78 is 10.7.